The van der Waals surface area contributed by atoms with Gasteiger partial charge in [-0.3, -0.25) is 0 Å². The molecular weight excluding hydrogens is 226 g/mol. The van der Waals surface area contributed by atoms with E-state index in [9.17, 15) is 9.18 Å². The Hall–Kier alpha value is -0.170. The SMILES string of the molecule is CPC(F)(CC(C)C)C(=O)OC1CCCC1. The van der Waals surface area contributed by atoms with Gasteiger partial charge in [0, 0.05) is 0 Å². The van der Waals surface area contributed by atoms with Crippen molar-refractivity contribution < 1.29 is 13.9 Å². The maximum atomic E-state index is 14.4. The first-order valence-electron chi connectivity index (χ1n) is 6.07. The van der Waals surface area contributed by atoms with Crippen LogP contribution in [0.25, 0.3) is 0 Å². The van der Waals surface area contributed by atoms with Gasteiger partial charge in [-0.15, -0.1) is 0 Å². The average Bonchev–Trinajstić information content (AvgIpc) is 2.69. The quantitative estimate of drug-likeness (QED) is 0.550. The molecule has 0 spiro atoms. The Morgan fingerprint density at radius 2 is 2.06 bits per heavy atom. The van der Waals surface area contributed by atoms with Gasteiger partial charge < -0.3 is 4.74 Å². The number of rotatable bonds is 5. The highest BCUT2D eigenvalue weighted by Gasteiger charge is 2.40. The van der Waals surface area contributed by atoms with Crippen molar-refractivity contribution in [3.05, 3.63) is 0 Å². The molecule has 0 aromatic carbocycles. The summed E-state index contributed by atoms with van der Waals surface area (Å²) in [5, 5.41) is -1.75. The van der Waals surface area contributed by atoms with Crippen LogP contribution in [-0.4, -0.2) is 24.1 Å². The van der Waals surface area contributed by atoms with Gasteiger partial charge >= 0.3 is 5.97 Å². The van der Waals surface area contributed by atoms with Crippen LogP contribution < -0.4 is 0 Å². The number of ether oxygens (including phenoxy) is 1. The fourth-order valence-corrected chi connectivity index (χ4v) is 2.98. The minimum absolute atomic E-state index is 0.0360. The standard InChI is InChI=1S/C12H22FO2P/c1-9(2)8-12(13,16-3)11(14)15-10-6-4-5-7-10/h9-10,16H,4-8H2,1-3H3. The van der Waals surface area contributed by atoms with Crippen LogP contribution in [-0.2, 0) is 9.53 Å². The van der Waals surface area contributed by atoms with Crippen molar-refractivity contribution in [3.8, 4) is 0 Å². The van der Waals surface area contributed by atoms with E-state index in [2.05, 4.69) is 0 Å². The highest BCUT2D eigenvalue weighted by atomic mass is 31.1. The van der Waals surface area contributed by atoms with E-state index >= 15 is 0 Å². The molecule has 1 aliphatic rings. The first-order chi connectivity index (χ1) is 7.48. The lowest BCUT2D eigenvalue weighted by Gasteiger charge is -2.25. The fourth-order valence-electron chi connectivity index (χ4n) is 2.10. The maximum absolute atomic E-state index is 14.4. The predicted octanol–water partition coefficient (Wildman–Crippen LogP) is 3.49. The number of esters is 1. The second-order valence-electron chi connectivity index (χ2n) is 4.96. The third-order valence-corrected chi connectivity index (χ3v) is 4.19. The highest BCUT2D eigenvalue weighted by molar-refractivity contribution is 7.40. The molecule has 16 heavy (non-hydrogen) atoms. The van der Waals surface area contributed by atoms with Crippen molar-refractivity contribution in [1.29, 1.82) is 0 Å². The van der Waals surface area contributed by atoms with Crippen LogP contribution in [0.5, 0.6) is 0 Å². The van der Waals surface area contributed by atoms with Crippen molar-refractivity contribution >= 4 is 14.6 Å². The Balaban J connectivity index is 2.53. The Kier molecular flexibility index (Phi) is 5.17. The number of alkyl halides is 1. The van der Waals surface area contributed by atoms with Crippen LogP contribution >= 0.6 is 8.58 Å². The van der Waals surface area contributed by atoms with Gasteiger partial charge in [-0.2, -0.15) is 0 Å². The third kappa shape index (κ3) is 3.69. The van der Waals surface area contributed by atoms with E-state index in [0.717, 1.165) is 25.7 Å². The Morgan fingerprint density at radius 1 is 1.50 bits per heavy atom. The predicted molar refractivity (Wildman–Crippen MR) is 65.9 cm³/mol. The van der Waals surface area contributed by atoms with Gasteiger partial charge in [-0.05, 0) is 44.7 Å². The molecule has 0 amide bonds. The lowest BCUT2D eigenvalue weighted by Crippen LogP contribution is -2.34. The molecule has 0 aromatic heterocycles. The van der Waals surface area contributed by atoms with Crippen LogP contribution in [0.3, 0.4) is 0 Å². The number of halogens is 1. The Morgan fingerprint density at radius 3 is 2.50 bits per heavy atom. The zero-order valence-electron chi connectivity index (χ0n) is 10.4. The minimum atomic E-state index is -1.75. The molecule has 4 heteroatoms. The summed E-state index contributed by atoms with van der Waals surface area (Å²) >= 11 is 0. The minimum Gasteiger partial charge on any atom is -0.460 e. The van der Waals surface area contributed by atoms with E-state index in [4.69, 9.17) is 4.74 Å². The van der Waals surface area contributed by atoms with Crippen molar-refractivity contribution in [2.24, 2.45) is 5.92 Å². The lowest BCUT2D eigenvalue weighted by molar-refractivity contribution is -0.158. The zero-order valence-corrected chi connectivity index (χ0v) is 11.4. The van der Waals surface area contributed by atoms with Crippen LogP contribution in [0.1, 0.15) is 46.0 Å². The topological polar surface area (TPSA) is 26.3 Å². The summed E-state index contributed by atoms with van der Waals surface area (Å²) in [6.07, 6.45) is 4.22. The van der Waals surface area contributed by atoms with Crippen LogP contribution in [0.4, 0.5) is 4.39 Å². The maximum Gasteiger partial charge on any atom is 0.348 e. The average molecular weight is 248 g/mol. The van der Waals surface area contributed by atoms with Crippen LogP contribution in [0, 0.1) is 5.92 Å². The van der Waals surface area contributed by atoms with Gasteiger partial charge in [0.1, 0.15) is 6.10 Å². The van der Waals surface area contributed by atoms with Gasteiger partial charge in [-0.1, -0.05) is 22.4 Å². The van der Waals surface area contributed by atoms with Gasteiger partial charge in [0.2, 0.25) is 5.41 Å². The largest absolute Gasteiger partial charge is 0.460 e. The summed E-state index contributed by atoms with van der Waals surface area (Å²) in [6.45, 7) is 5.59. The molecule has 0 saturated heterocycles. The number of hydrogen-bond acceptors (Lipinski definition) is 2. The Bertz CT molecular complexity index is 239. The van der Waals surface area contributed by atoms with Gasteiger partial charge in [-0.25, -0.2) is 9.18 Å². The molecule has 2 atom stereocenters. The van der Waals surface area contributed by atoms with Crippen molar-refractivity contribution in [2.75, 3.05) is 6.66 Å². The van der Waals surface area contributed by atoms with E-state index < -0.39 is 11.4 Å². The van der Waals surface area contributed by atoms with Crippen LogP contribution in [0.2, 0.25) is 0 Å². The molecule has 1 saturated carbocycles. The molecule has 0 radical (unpaired) electrons. The molecule has 2 unspecified atom stereocenters. The smallest absolute Gasteiger partial charge is 0.348 e. The molecule has 2 nitrogen and oxygen atoms in total. The van der Waals surface area contributed by atoms with Crippen molar-refractivity contribution in [3.63, 3.8) is 0 Å². The molecule has 0 bridgehead atoms. The molecule has 0 heterocycles. The van der Waals surface area contributed by atoms with Crippen LogP contribution in [0.15, 0.2) is 0 Å². The van der Waals surface area contributed by atoms with E-state index in [1.165, 1.54) is 0 Å². The second-order valence-corrected chi connectivity index (χ2v) is 6.25. The number of hydrogen-bond donors (Lipinski definition) is 0. The summed E-state index contributed by atoms with van der Waals surface area (Å²) in [5.41, 5.74) is 0. The molecular formula is C12H22FO2P. The molecule has 0 N–H and O–H groups in total. The molecule has 1 aliphatic carbocycles. The third-order valence-electron chi connectivity index (χ3n) is 2.99. The molecule has 0 aliphatic heterocycles. The van der Waals surface area contributed by atoms with Gasteiger partial charge in [0.25, 0.3) is 0 Å². The number of carbonyl (C=O) groups is 1. The van der Waals surface area contributed by atoms with Gasteiger partial charge in [0.05, 0.1) is 0 Å². The summed E-state index contributed by atoms with van der Waals surface area (Å²) in [6, 6.07) is 0. The van der Waals surface area contributed by atoms with Crippen molar-refractivity contribution in [2.45, 2.75) is 57.5 Å². The summed E-state index contributed by atoms with van der Waals surface area (Å²) in [5.74, 6) is -0.456. The normalized spacial score (nSPS) is 21.8. The zero-order chi connectivity index (χ0) is 12.2. The monoisotopic (exact) mass is 248 g/mol. The Labute approximate surface area is 99.1 Å². The second kappa shape index (κ2) is 5.95. The van der Waals surface area contributed by atoms with E-state index in [1.54, 1.807) is 6.66 Å². The summed E-state index contributed by atoms with van der Waals surface area (Å²) < 4.78 is 19.6. The van der Waals surface area contributed by atoms with E-state index in [0.29, 0.717) is 0 Å². The summed E-state index contributed by atoms with van der Waals surface area (Å²) in [4.78, 5) is 11.8. The molecule has 0 aromatic rings. The van der Waals surface area contributed by atoms with E-state index in [1.807, 2.05) is 13.8 Å². The molecule has 1 rings (SSSR count). The number of carbonyl (C=O) groups excluding carboxylic acids is 1. The van der Waals surface area contributed by atoms with Gasteiger partial charge in [0.15, 0.2) is 0 Å². The first kappa shape index (κ1) is 13.9. The highest BCUT2D eigenvalue weighted by Crippen LogP contribution is 2.39. The molecule has 94 valence electrons. The fraction of sp³-hybridized carbons (Fsp3) is 0.917. The van der Waals surface area contributed by atoms with E-state index in [-0.39, 0.29) is 27.0 Å². The summed E-state index contributed by atoms with van der Waals surface area (Å²) in [7, 11) is -0.0435. The lowest BCUT2D eigenvalue weighted by atomic mass is 10.1. The first-order valence-corrected chi connectivity index (χ1v) is 7.57. The molecule has 1 fully saturated rings. The van der Waals surface area contributed by atoms with Crippen molar-refractivity contribution in [1.82, 2.24) is 0 Å².